The summed E-state index contributed by atoms with van der Waals surface area (Å²) in [6.07, 6.45) is 5.51. The number of nitrogens with zero attached hydrogens (tertiary/aromatic N) is 1. The fourth-order valence-electron chi connectivity index (χ4n) is 3.70. The summed E-state index contributed by atoms with van der Waals surface area (Å²) in [5.74, 6) is 2.14. The highest BCUT2D eigenvalue weighted by Gasteiger charge is 2.27. The minimum absolute atomic E-state index is 0. The standard InChI is InChI=1S/C17H32N2O2.ClH/c1-3-21-13-15-5-4-10-19(12-15)17(20)11-14(2)16-6-8-18-9-7-16;/h14-16,18H,3-13H2,1-2H3;1H. The molecule has 2 saturated heterocycles. The highest BCUT2D eigenvalue weighted by molar-refractivity contribution is 5.85. The first-order chi connectivity index (χ1) is 10.2. The summed E-state index contributed by atoms with van der Waals surface area (Å²) in [5, 5.41) is 3.40. The summed E-state index contributed by atoms with van der Waals surface area (Å²) < 4.78 is 5.53. The van der Waals surface area contributed by atoms with Crippen LogP contribution in [0.15, 0.2) is 0 Å². The molecule has 2 fully saturated rings. The quantitative estimate of drug-likeness (QED) is 0.813. The Morgan fingerprint density at radius 3 is 2.73 bits per heavy atom. The average Bonchev–Trinajstić information content (AvgIpc) is 2.54. The molecule has 1 amide bonds. The molecule has 2 aliphatic heterocycles. The summed E-state index contributed by atoms with van der Waals surface area (Å²) in [5.41, 5.74) is 0. The SMILES string of the molecule is CCOCC1CCCN(C(=O)CC(C)C2CCNCC2)C1.Cl. The van der Waals surface area contributed by atoms with Gasteiger partial charge in [0.25, 0.3) is 0 Å². The third kappa shape index (κ3) is 6.05. The second-order valence-electron chi connectivity index (χ2n) is 6.78. The van der Waals surface area contributed by atoms with Gasteiger partial charge in [-0.1, -0.05) is 6.92 Å². The molecule has 0 aromatic carbocycles. The summed E-state index contributed by atoms with van der Waals surface area (Å²) in [6, 6.07) is 0. The van der Waals surface area contributed by atoms with Gasteiger partial charge in [0, 0.05) is 26.1 Å². The van der Waals surface area contributed by atoms with E-state index < -0.39 is 0 Å². The molecular weight excluding hydrogens is 300 g/mol. The van der Waals surface area contributed by atoms with Crippen molar-refractivity contribution in [3.63, 3.8) is 0 Å². The Balaban J connectivity index is 0.00000242. The molecule has 5 heteroatoms. The van der Waals surface area contributed by atoms with E-state index >= 15 is 0 Å². The Hall–Kier alpha value is -0.320. The van der Waals surface area contributed by atoms with E-state index in [9.17, 15) is 4.79 Å². The number of likely N-dealkylation sites (tertiary alicyclic amines) is 1. The molecule has 1 N–H and O–H groups in total. The largest absolute Gasteiger partial charge is 0.381 e. The maximum atomic E-state index is 12.5. The summed E-state index contributed by atoms with van der Waals surface area (Å²) in [6.45, 7) is 9.95. The smallest absolute Gasteiger partial charge is 0.222 e. The van der Waals surface area contributed by atoms with Gasteiger partial charge in [0.15, 0.2) is 0 Å². The molecule has 0 spiro atoms. The number of nitrogens with one attached hydrogen (secondary N) is 1. The van der Waals surface area contributed by atoms with E-state index in [-0.39, 0.29) is 12.4 Å². The lowest BCUT2D eigenvalue weighted by molar-refractivity contribution is -0.134. The number of rotatable bonds is 6. The molecule has 0 bridgehead atoms. The van der Waals surface area contributed by atoms with Crippen LogP contribution < -0.4 is 5.32 Å². The van der Waals surface area contributed by atoms with Crippen molar-refractivity contribution in [2.75, 3.05) is 39.4 Å². The number of piperidine rings is 2. The zero-order valence-electron chi connectivity index (χ0n) is 14.2. The Kier molecular flexibility index (Phi) is 9.37. The second kappa shape index (κ2) is 10.5. The second-order valence-corrected chi connectivity index (χ2v) is 6.78. The average molecular weight is 333 g/mol. The van der Waals surface area contributed by atoms with Crippen molar-refractivity contribution in [1.82, 2.24) is 10.2 Å². The highest BCUT2D eigenvalue weighted by Crippen LogP contribution is 2.26. The lowest BCUT2D eigenvalue weighted by atomic mass is 9.83. The Labute approximate surface area is 141 Å². The first-order valence-electron chi connectivity index (χ1n) is 8.77. The summed E-state index contributed by atoms with van der Waals surface area (Å²) in [4.78, 5) is 14.6. The first kappa shape index (κ1) is 19.7. The highest BCUT2D eigenvalue weighted by atomic mass is 35.5. The molecule has 2 atom stereocenters. The molecule has 0 aromatic heterocycles. The molecule has 0 radical (unpaired) electrons. The number of halogens is 1. The molecule has 0 saturated carbocycles. The van der Waals surface area contributed by atoms with Gasteiger partial charge in [-0.2, -0.15) is 0 Å². The van der Waals surface area contributed by atoms with Gasteiger partial charge in [0.1, 0.15) is 0 Å². The zero-order chi connectivity index (χ0) is 15.1. The van der Waals surface area contributed by atoms with E-state index in [4.69, 9.17) is 4.74 Å². The van der Waals surface area contributed by atoms with E-state index in [1.807, 2.05) is 6.92 Å². The van der Waals surface area contributed by atoms with Gasteiger partial charge >= 0.3 is 0 Å². The number of carbonyl (C=O) groups excluding carboxylic acids is 1. The van der Waals surface area contributed by atoms with Crippen LogP contribution in [-0.2, 0) is 9.53 Å². The first-order valence-corrected chi connectivity index (χ1v) is 8.77. The maximum absolute atomic E-state index is 12.5. The molecule has 2 rings (SSSR count). The van der Waals surface area contributed by atoms with Crippen molar-refractivity contribution in [2.24, 2.45) is 17.8 Å². The van der Waals surface area contributed by atoms with E-state index in [2.05, 4.69) is 17.1 Å². The Morgan fingerprint density at radius 2 is 2.05 bits per heavy atom. The molecule has 0 aliphatic carbocycles. The van der Waals surface area contributed by atoms with Crippen LogP contribution in [0.5, 0.6) is 0 Å². The van der Waals surface area contributed by atoms with Gasteiger partial charge < -0.3 is 15.0 Å². The van der Waals surface area contributed by atoms with Gasteiger partial charge in [0.05, 0.1) is 6.61 Å². The van der Waals surface area contributed by atoms with Crippen LogP contribution in [0.3, 0.4) is 0 Å². The van der Waals surface area contributed by atoms with Crippen molar-refractivity contribution in [3.05, 3.63) is 0 Å². The number of hydrogen-bond donors (Lipinski definition) is 1. The molecule has 22 heavy (non-hydrogen) atoms. The fourth-order valence-corrected chi connectivity index (χ4v) is 3.70. The van der Waals surface area contributed by atoms with Crippen molar-refractivity contribution in [1.29, 1.82) is 0 Å². The third-order valence-corrected chi connectivity index (χ3v) is 5.11. The number of ether oxygens (including phenoxy) is 1. The lowest BCUT2D eigenvalue weighted by Crippen LogP contribution is -2.42. The zero-order valence-corrected chi connectivity index (χ0v) is 15.0. The minimum Gasteiger partial charge on any atom is -0.381 e. The van der Waals surface area contributed by atoms with Crippen LogP contribution in [-0.4, -0.2) is 50.2 Å². The molecule has 2 heterocycles. The predicted octanol–water partition coefficient (Wildman–Crippen LogP) is 2.71. The van der Waals surface area contributed by atoms with E-state index in [1.165, 1.54) is 19.3 Å². The van der Waals surface area contributed by atoms with Gasteiger partial charge in [-0.15, -0.1) is 12.4 Å². The molecule has 0 aromatic rings. The van der Waals surface area contributed by atoms with Crippen molar-refractivity contribution in [3.8, 4) is 0 Å². The van der Waals surface area contributed by atoms with E-state index in [0.29, 0.717) is 17.7 Å². The normalized spacial score (nSPS) is 24.6. The van der Waals surface area contributed by atoms with Gasteiger partial charge in [-0.25, -0.2) is 0 Å². The van der Waals surface area contributed by atoms with Crippen LogP contribution in [0.25, 0.3) is 0 Å². The van der Waals surface area contributed by atoms with Crippen LogP contribution in [0, 0.1) is 17.8 Å². The fraction of sp³-hybridized carbons (Fsp3) is 0.941. The third-order valence-electron chi connectivity index (χ3n) is 5.11. The molecule has 130 valence electrons. The Morgan fingerprint density at radius 1 is 1.32 bits per heavy atom. The van der Waals surface area contributed by atoms with Gasteiger partial charge in [0.2, 0.25) is 5.91 Å². The van der Waals surface area contributed by atoms with E-state index in [0.717, 1.165) is 58.2 Å². The van der Waals surface area contributed by atoms with E-state index in [1.54, 1.807) is 0 Å². The van der Waals surface area contributed by atoms with Crippen LogP contribution in [0.4, 0.5) is 0 Å². The minimum atomic E-state index is 0. The number of carbonyl (C=O) groups is 1. The molecule has 4 nitrogen and oxygen atoms in total. The monoisotopic (exact) mass is 332 g/mol. The predicted molar refractivity (Wildman–Crippen MR) is 92.4 cm³/mol. The summed E-state index contributed by atoms with van der Waals surface area (Å²) >= 11 is 0. The maximum Gasteiger partial charge on any atom is 0.222 e. The van der Waals surface area contributed by atoms with Gasteiger partial charge in [-0.3, -0.25) is 4.79 Å². The number of amides is 1. The molecular formula is C17H33ClN2O2. The topological polar surface area (TPSA) is 41.6 Å². The number of hydrogen-bond acceptors (Lipinski definition) is 3. The van der Waals surface area contributed by atoms with Crippen molar-refractivity contribution < 1.29 is 9.53 Å². The van der Waals surface area contributed by atoms with Crippen LogP contribution >= 0.6 is 12.4 Å². The molecule has 2 unspecified atom stereocenters. The van der Waals surface area contributed by atoms with Crippen molar-refractivity contribution in [2.45, 2.75) is 46.0 Å². The molecule has 2 aliphatic rings. The Bertz CT molecular complexity index is 322. The van der Waals surface area contributed by atoms with Crippen LogP contribution in [0.1, 0.15) is 46.0 Å². The van der Waals surface area contributed by atoms with Gasteiger partial charge in [-0.05, 0) is 63.5 Å². The van der Waals surface area contributed by atoms with Crippen LogP contribution in [0.2, 0.25) is 0 Å². The summed E-state index contributed by atoms with van der Waals surface area (Å²) in [7, 11) is 0. The lowest BCUT2D eigenvalue weighted by Gasteiger charge is -2.34. The van der Waals surface area contributed by atoms with Crippen molar-refractivity contribution >= 4 is 18.3 Å².